The quantitative estimate of drug-likeness (QED) is 0.545. The number of guanidine groups is 1. The predicted molar refractivity (Wildman–Crippen MR) is 108 cm³/mol. The van der Waals surface area contributed by atoms with Crippen molar-refractivity contribution in [2.75, 3.05) is 19.6 Å². The first-order chi connectivity index (χ1) is 12.4. The van der Waals surface area contributed by atoms with E-state index in [2.05, 4.69) is 70.4 Å². The number of hydrogen-bond donors (Lipinski definition) is 2. The van der Waals surface area contributed by atoms with Crippen LogP contribution in [0.15, 0.2) is 16.7 Å². The molecule has 8 heteroatoms. The lowest BCUT2D eigenvalue weighted by Crippen LogP contribution is -2.39. The fourth-order valence-electron chi connectivity index (χ4n) is 2.41. The minimum atomic E-state index is 0.105. The van der Waals surface area contributed by atoms with E-state index in [0.717, 1.165) is 61.5 Å². The van der Waals surface area contributed by atoms with Gasteiger partial charge in [-0.25, -0.2) is 4.98 Å². The Morgan fingerprint density at radius 2 is 2.08 bits per heavy atom. The third kappa shape index (κ3) is 6.09. The largest absolute Gasteiger partial charge is 0.357 e. The van der Waals surface area contributed by atoms with E-state index >= 15 is 0 Å². The molecule has 0 fully saturated rings. The second-order valence-corrected chi connectivity index (χ2v) is 8.05. The van der Waals surface area contributed by atoms with E-state index in [0.29, 0.717) is 0 Å². The molecular formula is C18H31N7S. The molecule has 0 saturated carbocycles. The lowest BCUT2D eigenvalue weighted by atomic mass is 9.93. The highest BCUT2D eigenvalue weighted by atomic mass is 32.1. The molecule has 7 nitrogen and oxygen atoms in total. The smallest absolute Gasteiger partial charge is 0.191 e. The summed E-state index contributed by atoms with van der Waals surface area (Å²) in [7, 11) is 0. The van der Waals surface area contributed by atoms with Crippen molar-refractivity contribution >= 4 is 17.3 Å². The molecule has 2 aromatic rings. The summed E-state index contributed by atoms with van der Waals surface area (Å²) in [4.78, 5) is 9.39. The normalized spacial score (nSPS) is 12.4. The van der Waals surface area contributed by atoms with Crippen LogP contribution in [-0.2, 0) is 24.8 Å². The number of aryl methyl sites for hydroxylation is 1. The maximum absolute atomic E-state index is 4.73. The summed E-state index contributed by atoms with van der Waals surface area (Å²) >= 11 is 1.72. The van der Waals surface area contributed by atoms with Crippen molar-refractivity contribution < 1.29 is 0 Å². The van der Waals surface area contributed by atoms with E-state index in [-0.39, 0.29) is 5.41 Å². The average molecular weight is 378 g/mol. The zero-order valence-corrected chi connectivity index (χ0v) is 17.4. The highest BCUT2D eigenvalue weighted by Crippen LogP contribution is 2.23. The summed E-state index contributed by atoms with van der Waals surface area (Å²) in [5.41, 5.74) is 1.26. The van der Waals surface area contributed by atoms with Crippen molar-refractivity contribution in [2.24, 2.45) is 4.99 Å². The summed E-state index contributed by atoms with van der Waals surface area (Å²) in [6.45, 7) is 13.9. The number of aliphatic imine (C=N–C) groups is 1. The highest BCUT2D eigenvalue weighted by molar-refractivity contribution is 7.09. The lowest BCUT2D eigenvalue weighted by Gasteiger charge is -2.14. The second kappa shape index (κ2) is 9.66. The SMILES string of the molecule is CCNC(=NCCc1nc(C(C)(C)C)cs1)NCCn1cnnc1CC. The Hall–Kier alpha value is -1.96. The van der Waals surface area contributed by atoms with E-state index in [1.54, 1.807) is 17.7 Å². The van der Waals surface area contributed by atoms with Crippen molar-refractivity contribution in [3.63, 3.8) is 0 Å². The second-order valence-electron chi connectivity index (χ2n) is 7.11. The van der Waals surface area contributed by atoms with Crippen molar-refractivity contribution in [3.8, 4) is 0 Å². The average Bonchev–Trinajstić information content (AvgIpc) is 3.23. The number of aromatic nitrogens is 4. The number of nitrogens with zero attached hydrogens (tertiary/aromatic N) is 5. The molecule has 26 heavy (non-hydrogen) atoms. The van der Waals surface area contributed by atoms with Crippen LogP contribution in [0.1, 0.15) is 51.1 Å². The molecule has 0 aliphatic heterocycles. The molecular weight excluding hydrogens is 346 g/mol. The molecule has 144 valence electrons. The van der Waals surface area contributed by atoms with Crippen molar-refractivity contribution in [1.82, 2.24) is 30.4 Å². The van der Waals surface area contributed by atoms with Gasteiger partial charge < -0.3 is 15.2 Å². The number of nitrogens with one attached hydrogen (secondary N) is 2. The standard InChI is InChI=1S/C18H31N7S/c1-6-15-24-22-13-25(15)11-10-21-17(19-7-2)20-9-8-16-23-14(12-26-16)18(3,4)5/h12-13H,6-11H2,1-5H3,(H2,19,20,21). The van der Waals surface area contributed by atoms with E-state index in [1.807, 2.05) is 0 Å². The predicted octanol–water partition coefficient (Wildman–Crippen LogP) is 2.39. The van der Waals surface area contributed by atoms with Crippen molar-refractivity contribution in [2.45, 2.75) is 59.4 Å². The summed E-state index contributed by atoms with van der Waals surface area (Å²) in [6.07, 6.45) is 3.53. The van der Waals surface area contributed by atoms with E-state index in [1.165, 1.54) is 0 Å². The minimum Gasteiger partial charge on any atom is -0.357 e. The van der Waals surface area contributed by atoms with Gasteiger partial charge in [0.1, 0.15) is 12.2 Å². The van der Waals surface area contributed by atoms with Gasteiger partial charge in [-0.1, -0.05) is 27.7 Å². The van der Waals surface area contributed by atoms with Crippen molar-refractivity contribution in [3.05, 3.63) is 28.2 Å². The molecule has 0 saturated heterocycles. The summed E-state index contributed by atoms with van der Waals surface area (Å²) in [5, 5.41) is 18.0. The monoisotopic (exact) mass is 377 g/mol. The zero-order valence-electron chi connectivity index (χ0n) is 16.5. The molecule has 0 aromatic carbocycles. The van der Waals surface area contributed by atoms with Crippen LogP contribution in [0.3, 0.4) is 0 Å². The van der Waals surface area contributed by atoms with Gasteiger partial charge in [0.2, 0.25) is 0 Å². The van der Waals surface area contributed by atoms with Crippen molar-refractivity contribution in [1.29, 1.82) is 0 Å². The van der Waals surface area contributed by atoms with Gasteiger partial charge in [-0.15, -0.1) is 21.5 Å². The lowest BCUT2D eigenvalue weighted by molar-refractivity contribution is 0.571. The van der Waals surface area contributed by atoms with Gasteiger partial charge in [-0.3, -0.25) is 4.99 Å². The molecule has 2 aromatic heterocycles. The van der Waals surface area contributed by atoms with Gasteiger partial charge >= 0.3 is 0 Å². The molecule has 2 heterocycles. The Balaban J connectivity index is 1.83. The van der Waals surface area contributed by atoms with Crippen LogP contribution in [0, 0.1) is 0 Å². The van der Waals surface area contributed by atoms with Crippen LogP contribution >= 0.6 is 11.3 Å². The topological polar surface area (TPSA) is 80.0 Å². The van der Waals surface area contributed by atoms with E-state index < -0.39 is 0 Å². The molecule has 2 rings (SSSR count). The Bertz CT molecular complexity index is 696. The Labute approximate surface area is 160 Å². The van der Waals surface area contributed by atoms with Gasteiger partial charge in [-0.05, 0) is 6.92 Å². The van der Waals surface area contributed by atoms with Crippen LogP contribution in [0.25, 0.3) is 0 Å². The summed E-state index contributed by atoms with van der Waals surface area (Å²) < 4.78 is 2.07. The third-order valence-electron chi connectivity index (χ3n) is 3.92. The van der Waals surface area contributed by atoms with Gasteiger partial charge in [-0.2, -0.15) is 0 Å². The first-order valence-corrected chi connectivity index (χ1v) is 10.2. The van der Waals surface area contributed by atoms with Gasteiger partial charge in [0.05, 0.1) is 10.7 Å². The Morgan fingerprint density at radius 3 is 2.73 bits per heavy atom. The van der Waals surface area contributed by atoms with Crippen LogP contribution < -0.4 is 10.6 Å². The molecule has 0 unspecified atom stereocenters. The molecule has 0 aliphatic carbocycles. The maximum Gasteiger partial charge on any atom is 0.191 e. The number of hydrogen-bond acceptors (Lipinski definition) is 5. The summed E-state index contributed by atoms with van der Waals surface area (Å²) in [6, 6.07) is 0. The molecule has 0 bridgehead atoms. The fourth-order valence-corrected chi connectivity index (χ4v) is 3.42. The van der Waals surface area contributed by atoms with E-state index in [9.17, 15) is 0 Å². The molecule has 0 radical (unpaired) electrons. The maximum atomic E-state index is 4.73. The minimum absolute atomic E-state index is 0.105. The first kappa shape index (κ1) is 20.4. The first-order valence-electron chi connectivity index (χ1n) is 9.27. The molecule has 0 atom stereocenters. The fraction of sp³-hybridized carbons (Fsp3) is 0.667. The summed E-state index contributed by atoms with van der Waals surface area (Å²) in [5.74, 6) is 1.85. The van der Waals surface area contributed by atoms with Crippen LogP contribution in [0.2, 0.25) is 0 Å². The van der Waals surface area contributed by atoms with Gasteiger partial charge in [0.15, 0.2) is 5.96 Å². The van der Waals surface area contributed by atoms with Gasteiger partial charge in [0.25, 0.3) is 0 Å². The van der Waals surface area contributed by atoms with Crippen LogP contribution in [0.5, 0.6) is 0 Å². The number of thiazole rings is 1. The zero-order chi connectivity index (χ0) is 19.0. The molecule has 0 aliphatic rings. The highest BCUT2D eigenvalue weighted by Gasteiger charge is 2.17. The molecule has 0 amide bonds. The third-order valence-corrected chi connectivity index (χ3v) is 4.83. The Morgan fingerprint density at radius 1 is 1.27 bits per heavy atom. The Kier molecular flexibility index (Phi) is 7.56. The van der Waals surface area contributed by atoms with Gasteiger partial charge in [0, 0.05) is 49.8 Å². The molecule has 2 N–H and O–H groups in total. The van der Waals surface area contributed by atoms with Crippen LogP contribution in [-0.4, -0.2) is 45.3 Å². The van der Waals surface area contributed by atoms with Crippen LogP contribution in [0.4, 0.5) is 0 Å². The number of rotatable bonds is 8. The van der Waals surface area contributed by atoms with E-state index in [4.69, 9.17) is 4.98 Å². The molecule has 0 spiro atoms.